The summed E-state index contributed by atoms with van der Waals surface area (Å²) in [5.74, 6) is 0. The number of nitrogens with zero attached hydrogens (tertiary/aromatic N) is 2. The van der Waals surface area contributed by atoms with Crippen LogP contribution in [0.5, 0.6) is 0 Å². The quantitative estimate of drug-likeness (QED) is 0.745. The van der Waals surface area contributed by atoms with E-state index in [2.05, 4.69) is 28.0 Å². The van der Waals surface area contributed by atoms with E-state index in [-0.39, 0.29) is 0 Å². The van der Waals surface area contributed by atoms with E-state index >= 15 is 0 Å². The van der Waals surface area contributed by atoms with Crippen molar-refractivity contribution in [3.05, 3.63) is 16.4 Å². The minimum absolute atomic E-state index is 0.617. The van der Waals surface area contributed by atoms with E-state index in [9.17, 15) is 4.79 Å². The number of carbonyl (C=O) groups excluding carboxylic acids is 1. The van der Waals surface area contributed by atoms with E-state index in [4.69, 9.17) is 0 Å². The van der Waals surface area contributed by atoms with Crippen molar-refractivity contribution >= 4 is 22.2 Å². The smallest absolute Gasteiger partial charge is 0.154 e. The van der Waals surface area contributed by atoms with Crippen LogP contribution in [0, 0.1) is 0 Å². The van der Waals surface area contributed by atoms with Gasteiger partial charge in [-0.1, -0.05) is 13.3 Å². The van der Waals surface area contributed by atoms with Gasteiger partial charge in [-0.25, -0.2) is 0 Å². The van der Waals surface area contributed by atoms with Gasteiger partial charge in [0.2, 0.25) is 0 Å². The van der Waals surface area contributed by atoms with E-state index in [0.717, 1.165) is 25.7 Å². The molecule has 0 unspecified atom stereocenters. The van der Waals surface area contributed by atoms with Crippen molar-refractivity contribution in [3.8, 4) is 0 Å². The van der Waals surface area contributed by atoms with Gasteiger partial charge in [-0.05, 0) is 22.4 Å². The fraction of sp³-hybridized carbons (Fsp3) is 0.500. The van der Waals surface area contributed by atoms with Crippen molar-refractivity contribution in [1.29, 1.82) is 0 Å². The van der Waals surface area contributed by atoms with Crippen LogP contribution in [0.3, 0.4) is 0 Å². The molecule has 3 nitrogen and oxygen atoms in total. The van der Waals surface area contributed by atoms with Crippen molar-refractivity contribution in [2.75, 3.05) is 0 Å². The van der Waals surface area contributed by atoms with Gasteiger partial charge < -0.3 is 0 Å². The molecule has 1 heterocycles. The zero-order valence-electron chi connectivity index (χ0n) is 6.96. The number of hydrogen-bond acceptors (Lipinski definition) is 2. The number of carbonyl (C=O) groups is 1. The first-order valence-electron chi connectivity index (χ1n) is 3.96. The fourth-order valence-corrected chi connectivity index (χ4v) is 1.33. The molecule has 0 radical (unpaired) electrons. The van der Waals surface area contributed by atoms with Crippen LogP contribution >= 0.6 is 15.9 Å². The number of rotatable bonds is 4. The Labute approximate surface area is 79.9 Å². The van der Waals surface area contributed by atoms with E-state index in [1.54, 1.807) is 10.9 Å². The molecule has 0 spiro atoms. The molecule has 0 atom stereocenters. The van der Waals surface area contributed by atoms with Crippen molar-refractivity contribution in [3.63, 3.8) is 0 Å². The monoisotopic (exact) mass is 230 g/mol. The van der Waals surface area contributed by atoms with Crippen LogP contribution in [0.15, 0.2) is 10.8 Å². The standard InChI is InChI=1S/C8H11BrN2O/c1-2-3-4-11-5-7(6-12)8(9)10-11/h5-6H,2-4H2,1H3. The summed E-state index contributed by atoms with van der Waals surface area (Å²) in [4.78, 5) is 10.4. The zero-order chi connectivity index (χ0) is 8.97. The highest BCUT2D eigenvalue weighted by atomic mass is 79.9. The molecule has 0 bridgehead atoms. The third-order valence-electron chi connectivity index (χ3n) is 1.61. The van der Waals surface area contributed by atoms with Gasteiger partial charge in [0, 0.05) is 12.7 Å². The van der Waals surface area contributed by atoms with Crippen LogP contribution in [0.25, 0.3) is 0 Å². The summed E-state index contributed by atoms with van der Waals surface area (Å²) in [5, 5.41) is 4.12. The molecule has 0 aliphatic carbocycles. The molecule has 0 aromatic carbocycles. The highest BCUT2D eigenvalue weighted by Crippen LogP contribution is 2.11. The van der Waals surface area contributed by atoms with Gasteiger partial charge in [0.15, 0.2) is 6.29 Å². The molecule has 0 aliphatic heterocycles. The third-order valence-corrected chi connectivity index (χ3v) is 2.23. The number of unbranched alkanes of at least 4 members (excludes halogenated alkanes) is 1. The predicted octanol–water partition coefficient (Wildman–Crippen LogP) is 2.26. The molecular weight excluding hydrogens is 220 g/mol. The second kappa shape index (κ2) is 4.40. The van der Waals surface area contributed by atoms with Gasteiger partial charge in [-0.3, -0.25) is 9.48 Å². The second-order valence-electron chi connectivity index (χ2n) is 2.61. The Morgan fingerprint density at radius 2 is 2.50 bits per heavy atom. The molecule has 0 aliphatic rings. The summed E-state index contributed by atoms with van der Waals surface area (Å²) < 4.78 is 2.42. The topological polar surface area (TPSA) is 34.9 Å². The van der Waals surface area contributed by atoms with E-state index in [1.807, 2.05) is 0 Å². The van der Waals surface area contributed by atoms with Crippen molar-refractivity contribution < 1.29 is 4.79 Å². The number of aldehydes is 1. The van der Waals surface area contributed by atoms with Crippen LogP contribution in [0.2, 0.25) is 0 Å². The molecular formula is C8H11BrN2O. The van der Waals surface area contributed by atoms with Gasteiger partial charge in [-0.2, -0.15) is 5.10 Å². The lowest BCUT2D eigenvalue weighted by Gasteiger charge is -1.96. The van der Waals surface area contributed by atoms with Gasteiger partial charge >= 0.3 is 0 Å². The first-order valence-corrected chi connectivity index (χ1v) is 4.75. The van der Waals surface area contributed by atoms with Crippen LogP contribution in [0.1, 0.15) is 30.1 Å². The highest BCUT2D eigenvalue weighted by Gasteiger charge is 2.03. The lowest BCUT2D eigenvalue weighted by atomic mass is 10.3. The molecule has 0 N–H and O–H groups in total. The molecule has 1 aromatic rings. The first kappa shape index (κ1) is 9.45. The summed E-state index contributed by atoms with van der Waals surface area (Å²) in [5.41, 5.74) is 0.617. The average molecular weight is 231 g/mol. The lowest BCUT2D eigenvalue weighted by molar-refractivity contribution is 0.112. The van der Waals surface area contributed by atoms with Crippen LogP contribution < -0.4 is 0 Å². The average Bonchev–Trinajstić information content (AvgIpc) is 2.43. The first-order chi connectivity index (χ1) is 5.77. The Hall–Kier alpha value is -0.640. The SMILES string of the molecule is CCCCn1cc(C=O)c(Br)n1. The summed E-state index contributed by atoms with van der Waals surface area (Å²) in [6, 6.07) is 0. The van der Waals surface area contributed by atoms with Crippen molar-refractivity contribution in [2.24, 2.45) is 0 Å². The normalized spacial score (nSPS) is 10.2. The molecule has 0 amide bonds. The van der Waals surface area contributed by atoms with Gasteiger partial charge in [-0.15, -0.1) is 0 Å². The van der Waals surface area contributed by atoms with Crippen LogP contribution in [-0.2, 0) is 6.54 Å². The van der Waals surface area contributed by atoms with Crippen molar-refractivity contribution in [2.45, 2.75) is 26.3 Å². The Morgan fingerprint density at radius 3 is 3.00 bits per heavy atom. The summed E-state index contributed by atoms with van der Waals surface area (Å²) in [6.45, 7) is 3.00. The summed E-state index contributed by atoms with van der Waals surface area (Å²) in [6.07, 6.45) is 4.78. The van der Waals surface area contributed by atoms with Crippen LogP contribution in [0.4, 0.5) is 0 Å². The summed E-state index contributed by atoms with van der Waals surface area (Å²) >= 11 is 3.21. The maximum Gasteiger partial charge on any atom is 0.154 e. The number of hydrogen-bond donors (Lipinski definition) is 0. The summed E-state index contributed by atoms with van der Waals surface area (Å²) in [7, 11) is 0. The Kier molecular flexibility index (Phi) is 3.47. The van der Waals surface area contributed by atoms with E-state index < -0.39 is 0 Å². The van der Waals surface area contributed by atoms with E-state index in [0.29, 0.717) is 10.2 Å². The molecule has 4 heteroatoms. The molecule has 1 aromatic heterocycles. The molecule has 0 fully saturated rings. The molecule has 12 heavy (non-hydrogen) atoms. The molecule has 0 saturated carbocycles. The largest absolute Gasteiger partial charge is 0.298 e. The molecule has 66 valence electrons. The minimum atomic E-state index is 0.617. The van der Waals surface area contributed by atoms with Gasteiger partial charge in [0.25, 0.3) is 0 Å². The number of aryl methyl sites for hydroxylation is 1. The number of halogens is 1. The number of aromatic nitrogens is 2. The maximum atomic E-state index is 10.4. The highest BCUT2D eigenvalue weighted by molar-refractivity contribution is 9.10. The minimum Gasteiger partial charge on any atom is -0.298 e. The lowest BCUT2D eigenvalue weighted by Crippen LogP contribution is -1.97. The molecule has 0 saturated heterocycles. The van der Waals surface area contributed by atoms with Gasteiger partial charge in [0.1, 0.15) is 4.60 Å². The Bertz CT molecular complexity index is 270. The second-order valence-corrected chi connectivity index (χ2v) is 3.36. The fourth-order valence-electron chi connectivity index (χ4n) is 0.927. The Morgan fingerprint density at radius 1 is 1.75 bits per heavy atom. The van der Waals surface area contributed by atoms with E-state index in [1.165, 1.54) is 0 Å². The zero-order valence-corrected chi connectivity index (χ0v) is 8.54. The molecule has 1 rings (SSSR count). The predicted molar refractivity (Wildman–Crippen MR) is 50.2 cm³/mol. The maximum absolute atomic E-state index is 10.4. The Balaban J connectivity index is 2.68. The van der Waals surface area contributed by atoms with Crippen molar-refractivity contribution in [1.82, 2.24) is 9.78 Å². The van der Waals surface area contributed by atoms with Crippen LogP contribution in [-0.4, -0.2) is 16.1 Å². The third kappa shape index (κ3) is 2.17. The van der Waals surface area contributed by atoms with Gasteiger partial charge in [0.05, 0.1) is 5.56 Å².